The van der Waals surface area contributed by atoms with E-state index in [1.165, 1.54) is 32.1 Å². The number of hydrogen-bond donors (Lipinski definition) is 0. The zero-order valence-corrected chi connectivity index (χ0v) is 12.8. The minimum Gasteiger partial charge on any atom is -0.459 e. The van der Waals surface area contributed by atoms with Crippen LogP contribution < -0.4 is 0 Å². The zero-order chi connectivity index (χ0) is 13.9. The van der Waals surface area contributed by atoms with Crippen LogP contribution in [0.3, 0.4) is 0 Å². The predicted molar refractivity (Wildman–Crippen MR) is 77.0 cm³/mol. The highest BCUT2D eigenvalue weighted by atomic mass is 16.6. The van der Waals surface area contributed by atoms with E-state index in [-0.39, 0.29) is 17.6 Å². The van der Waals surface area contributed by atoms with Crippen molar-refractivity contribution in [2.45, 2.75) is 77.4 Å². The topological polar surface area (TPSA) is 29.5 Å². The van der Waals surface area contributed by atoms with Gasteiger partial charge >= 0.3 is 5.97 Å². The largest absolute Gasteiger partial charge is 0.459 e. The highest BCUT2D eigenvalue weighted by molar-refractivity contribution is 5.76. The molecule has 3 heteroatoms. The number of nitrogens with zero attached hydrogens (tertiary/aromatic N) is 1. The van der Waals surface area contributed by atoms with E-state index in [9.17, 15) is 4.79 Å². The van der Waals surface area contributed by atoms with Gasteiger partial charge in [-0.3, -0.25) is 9.69 Å². The Hall–Kier alpha value is -0.570. The molecule has 1 saturated carbocycles. The first kappa shape index (κ1) is 14.8. The first-order chi connectivity index (χ1) is 8.96. The number of ether oxygens (including phenoxy) is 1. The third-order valence-electron chi connectivity index (χ3n) is 4.26. The summed E-state index contributed by atoms with van der Waals surface area (Å²) in [6, 6.07) is 0.0150. The van der Waals surface area contributed by atoms with Crippen LogP contribution in [0, 0.1) is 5.92 Å². The standard InChI is InChI=1S/C16H29NO2/c1-16(2,3)19-15(18)14-10-7-11-17(14)12-13-8-5-4-6-9-13/h13-14H,4-12H2,1-3H3/t14-/m1/s1. The number of likely N-dealkylation sites (tertiary alicyclic amines) is 1. The smallest absolute Gasteiger partial charge is 0.323 e. The van der Waals surface area contributed by atoms with Crippen LogP contribution in [0.5, 0.6) is 0 Å². The normalized spacial score (nSPS) is 26.6. The van der Waals surface area contributed by atoms with E-state index in [0.29, 0.717) is 0 Å². The molecule has 0 spiro atoms. The van der Waals surface area contributed by atoms with Gasteiger partial charge in [0.05, 0.1) is 0 Å². The molecule has 0 radical (unpaired) electrons. The summed E-state index contributed by atoms with van der Waals surface area (Å²) in [5.74, 6) is 0.789. The first-order valence-corrected chi connectivity index (χ1v) is 7.92. The molecule has 1 heterocycles. The molecule has 0 bridgehead atoms. The summed E-state index contributed by atoms with van der Waals surface area (Å²) in [6.45, 7) is 8.02. The van der Waals surface area contributed by atoms with Gasteiger partial charge in [0.25, 0.3) is 0 Å². The van der Waals surface area contributed by atoms with E-state index in [1.54, 1.807) is 0 Å². The molecule has 1 aliphatic carbocycles. The van der Waals surface area contributed by atoms with Crippen LogP contribution in [-0.2, 0) is 9.53 Å². The van der Waals surface area contributed by atoms with Crippen molar-refractivity contribution in [3.63, 3.8) is 0 Å². The summed E-state index contributed by atoms with van der Waals surface area (Å²) in [5, 5.41) is 0. The Morgan fingerprint density at radius 1 is 1.11 bits per heavy atom. The molecule has 1 aliphatic heterocycles. The van der Waals surface area contributed by atoms with Gasteiger partial charge in [-0.05, 0) is 58.9 Å². The van der Waals surface area contributed by atoms with Crippen LogP contribution in [0.4, 0.5) is 0 Å². The highest BCUT2D eigenvalue weighted by Gasteiger charge is 2.35. The van der Waals surface area contributed by atoms with Gasteiger partial charge in [0.1, 0.15) is 11.6 Å². The van der Waals surface area contributed by atoms with Crippen molar-refractivity contribution in [1.29, 1.82) is 0 Å². The van der Waals surface area contributed by atoms with Crippen molar-refractivity contribution in [3.05, 3.63) is 0 Å². The highest BCUT2D eigenvalue weighted by Crippen LogP contribution is 2.28. The molecule has 110 valence electrons. The maximum Gasteiger partial charge on any atom is 0.323 e. The fourth-order valence-electron chi connectivity index (χ4n) is 3.38. The quantitative estimate of drug-likeness (QED) is 0.734. The zero-order valence-electron chi connectivity index (χ0n) is 12.8. The molecule has 0 aromatic heterocycles. The van der Waals surface area contributed by atoms with E-state index in [0.717, 1.165) is 31.8 Å². The van der Waals surface area contributed by atoms with Crippen molar-refractivity contribution < 1.29 is 9.53 Å². The monoisotopic (exact) mass is 267 g/mol. The molecular formula is C16H29NO2. The Bertz CT molecular complexity index is 302. The second kappa shape index (κ2) is 6.25. The second-order valence-electron chi connectivity index (χ2n) is 7.19. The summed E-state index contributed by atoms with van der Waals surface area (Å²) >= 11 is 0. The molecule has 2 fully saturated rings. The van der Waals surface area contributed by atoms with E-state index in [4.69, 9.17) is 4.74 Å². The number of rotatable bonds is 3. The fraction of sp³-hybridized carbons (Fsp3) is 0.938. The number of carbonyl (C=O) groups excluding carboxylic acids is 1. The van der Waals surface area contributed by atoms with E-state index in [1.807, 2.05) is 20.8 Å². The van der Waals surface area contributed by atoms with Crippen LogP contribution in [0.1, 0.15) is 65.7 Å². The Kier molecular flexibility index (Phi) is 4.88. The van der Waals surface area contributed by atoms with Crippen molar-refractivity contribution in [1.82, 2.24) is 4.90 Å². The van der Waals surface area contributed by atoms with Gasteiger partial charge in [-0.2, -0.15) is 0 Å². The molecule has 3 nitrogen and oxygen atoms in total. The molecule has 1 saturated heterocycles. The average molecular weight is 267 g/mol. The molecule has 0 unspecified atom stereocenters. The van der Waals surface area contributed by atoms with E-state index in [2.05, 4.69) is 4.90 Å². The Morgan fingerprint density at radius 3 is 2.42 bits per heavy atom. The molecule has 0 aromatic rings. The van der Waals surface area contributed by atoms with Crippen molar-refractivity contribution in [2.75, 3.05) is 13.1 Å². The Labute approximate surface area is 117 Å². The third kappa shape index (κ3) is 4.48. The molecule has 2 aliphatic rings. The SMILES string of the molecule is CC(C)(C)OC(=O)[C@H]1CCCN1CC1CCCCC1. The summed E-state index contributed by atoms with van der Waals surface area (Å²) in [7, 11) is 0. The lowest BCUT2D eigenvalue weighted by molar-refractivity contribution is -0.160. The van der Waals surface area contributed by atoms with Crippen LogP contribution >= 0.6 is 0 Å². The lowest BCUT2D eigenvalue weighted by atomic mass is 9.89. The van der Waals surface area contributed by atoms with Gasteiger partial charge in [-0.1, -0.05) is 19.3 Å². The van der Waals surface area contributed by atoms with Crippen molar-refractivity contribution >= 4 is 5.97 Å². The van der Waals surface area contributed by atoms with Crippen LogP contribution in [0.15, 0.2) is 0 Å². The number of esters is 1. The van der Waals surface area contributed by atoms with E-state index < -0.39 is 0 Å². The molecule has 0 N–H and O–H groups in total. The van der Waals surface area contributed by atoms with Crippen LogP contribution in [0.25, 0.3) is 0 Å². The van der Waals surface area contributed by atoms with Crippen LogP contribution in [0.2, 0.25) is 0 Å². The summed E-state index contributed by atoms with van der Waals surface area (Å²) < 4.78 is 5.56. The third-order valence-corrected chi connectivity index (χ3v) is 4.26. The Morgan fingerprint density at radius 2 is 1.79 bits per heavy atom. The molecule has 19 heavy (non-hydrogen) atoms. The molecule has 0 amide bonds. The molecule has 1 atom stereocenters. The number of hydrogen-bond acceptors (Lipinski definition) is 3. The van der Waals surface area contributed by atoms with Gasteiger partial charge in [-0.25, -0.2) is 0 Å². The van der Waals surface area contributed by atoms with Gasteiger partial charge in [0.15, 0.2) is 0 Å². The minimum atomic E-state index is -0.365. The Balaban J connectivity index is 1.87. The fourth-order valence-corrected chi connectivity index (χ4v) is 3.38. The van der Waals surface area contributed by atoms with Gasteiger partial charge in [-0.15, -0.1) is 0 Å². The number of carbonyl (C=O) groups is 1. The predicted octanol–water partition coefficient (Wildman–Crippen LogP) is 3.37. The maximum atomic E-state index is 12.2. The van der Waals surface area contributed by atoms with Crippen LogP contribution in [-0.4, -0.2) is 35.6 Å². The summed E-state index contributed by atoms with van der Waals surface area (Å²) in [5.41, 5.74) is -0.365. The van der Waals surface area contributed by atoms with Gasteiger partial charge in [0.2, 0.25) is 0 Å². The lowest BCUT2D eigenvalue weighted by Crippen LogP contribution is -2.42. The maximum absolute atomic E-state index is 12.2. The van der Waals surface area contributed by atoms with Gasteiger partial charge in [0, 0.05) is 6.54 Å². The van der Waals surface area contributed by atoms with Crippen molar-refractivity contribution in [3.8, 4) is 0 Å². The lowest BCUT2D eigenvalue weighted by Gasteiger charge is -2.31. The summed E-state index contributed by atoms with van der Waals surface area (Å²) in [6.07, 6.45) is 8.94. The molecular weight excluding hydrogens is 238 g/mol. The van der Waals surface area contributed by atoms with Crippen molar-refractivity contribution in [2.24, 2.45) is 5.92 Å². The van der Waals surface area contributed by atoms with E-state index >= 15 is 0 Å². The van der Waals surface area contributed by atoms with Gasteiger partial charge < -0.3 is 4.74 Å². The summed E-state index contributed by atoms with van der Waals surface area (Å²) in [4.78, 5) is 14.6. The minimum absolute atomic E-state index is 0.0131. The molecule has 2 rings (SSSR count). The second-order valence-corrected chi connectivity index (χ2v) is 7.19. The molecule has 0 aromatic carbocycles. The average Bonchev–Trinajstić information content (AvgIpc) is 2.76. The first-order valence-electron chi connectivity index (χ1n) is 7.92.